The second kappa shape index (κ2) is 8.22. The zero-order valence-electron chi connectivity index (χ0n) is 16.4. The first kappa shape index (κ1) is 20.0. The van der Waals surface area contributed by atoms with Crippen LogP contribution in [0.2, 0.25) is 0 Å². The molecule has 2 aliphatic rings. The lowest BCUT2D eigenvalue weighted by Crippen LogP contribution is -2.51. The SMILES string of the molecule is Cc1ncsc1-c1ccc(CNC(=O)C2CC(O)CN2C(=O)C(N)C2CC2)cc1. The van der Waals surface area contributed by atoms with Crippen LogP contribution >= 0.6 is 11.3 Å². The Kier molecular flexibility index (Phi) is 5.67. The van der Waals surface area contributed by atoms with Crippen LogP contribution in [0.5, 0.6) is 0 Å². The Morgan fingerprint density at radius 1 is 1.34 bits per heavy atom. The predicted octanol–water partition coefficient (Wildman–Crippen LogP) is 1.43. The largest absolute Gasteiger partial charge is 0.391 e. The summed E-state index contributed by atoms with van der Waals surface area (Å²) in [6, 6.07) is 6.76. The summed E-state index contributed by atoms with van der Waals surface area (Å²) in [5.74, 6) is -0.265. The Morgan fingerprint density at radius 2 is 2.07 bits per heavy atom. The van der Waals surface area contributed by atoms with Gasteiger partial charge in [0.05, 0.1) is 28.2 Å². The average molecular weight is 415 g/mol. The highest BCUT2D eigenvalue weighted by Gasteiger charge is 2.43. The van der Waals surface area contributed by atoms with Gasteiger partial charge in [0.15, 0.2) is 0 Å². The van der Waals surface area contributed by atoms with E-state index in [4.69, 9.17) is 5.73 Å². The molecule has 0 radical (unpaired) electrons. The van der Waals surface area contributed by atoms with Crippen molar-refractivity contribution in [3.63, 3.8) is 0 Å². The van der Waals surface area contributed by atoms with E-state index in [9.17, 15) is 14.7 Å². The predicted molar refractivity (Wildman–Crippen MR) is 111 cm³/mol. The van der Waals surface area contributed by atoms with Crippen LogP contribution in [0.4, 0.5) is 0 Å². The molecule has 154 valence electrons. The minimum Gasteiger partial charge on any atom is -0.391 e. The molecular formula is C21H26N4O3S. The Balaban J connectivity index is 1.37. The van der Waals surface area contributed by atoms with Gasteiger partial charge in [-0.25, -0.2) is 4.98 Å². The number of nitrogens with zero attached hydrogens (tertiary/aromatic N) is 2. The van der Waals surface area contributed by atoms with Gasteiger partial charge in [0.1, 0.15) is 6.04 Å². The fourth-order valence-corrected chi connectivity index (χ4v) is 4.63. The molecule has 29 heavy (non-hydrogen) atoms. The molecule has 1 aromatic carbocycles. The molecule has 2 amide bonds. The molecule has 3 atom stereocenters. The Labute approximate surface area is 173 Å². The van der Waals surface area contributed by atoms with Crippen molar-refractivity contribution in [1.29, 1.82) is 0 Å². The molecule has 4 N–H and O–H groups in total. The van der Waals surface area contributed by atoms with Crippen molar-refractivity contribution in [3.8, 4) is 10.4 Å². The van der Waals surface area contributed by atoms with Crippen LogP contribution in [0.1, 0.15) is 30.5 Å². The Hall–Kier alpha value is -2.29. The summed E-state index contributed by atoms with van der Waals surface area (Å²) in [4.78, 5) is 32.2. The van der Waals surface area contributed by atoms with E-state index in [2.05, 4.69) is 10.3 Å². The number of benzene rings is 1. The first-order valence-corrected chi connectivity index (χ1v) is 10.8. The van der Waals surface area contributed by atoms with E-state index in [1.54, 1.807) is 11.3 Å². The minimum atomic E-state index is -0.692. The molecule has 7 nitrogen and oxygen atoms in total. The van der Waals surface area contributed by atoms with Gasteiger partial charge in [-0.1, -0.05) is 24.3 Å². The van der Waals surface area contributed by atoms with Gasteiger partial charge in [-0.15, -0.1) is 11.3 Å². The van der Waals surface area contributed by atoms with E-state index in [-0.39, 0.29) is 30.7 Å². The number of carbonyl (C=O) groups is 2. The maximum absolute atomic E-state index is 12.7. The van der Waals surface area contributed by atoms with Crippen LogP contribution in [0.3, 0.4) is 0 Å². The van der Waals surface area contributed by atoms with Crippen LogP contribution in [0.25, 0.3) is 10.4 Å². The lowest BCUT2D eigenvalue weighted by Gasteiger charge is -2.26. The minimum absolute atomic E-state index is 0.167. The molecule has 8 heteroatoms. The number of aliphatic hydroxyl groups is 1. The first-order chi connectivity index (χ1) is 13.9. The number of aromatic nitrogens is 1. The van der Waals surface area contributed by atoms with Gasteiger partial charge in [0.25, 0.3) is 0 Å². The van der Waals surface area contributed by atoms with Crippen molar-refractivity contribution in [1.82, 2.24) is 15.2 Å². The highest BCUT2D eigenvalue weighted by molar-refractivity contribution is 7.13. The molecule has 1 saturated heterocycles. The van der Waals surface area contributed by atoms with Crippen LogP contribution in [-0.4, -0.2) is 51.5 Å². The first-order valence-electron chi connectivity index (χ1n) is 9.95. The second-order valence-electron chi connectivity index (χ2n) is 7.94. The molecular weight excluding hydrogens is 388 g/mol. The number of nitrogens with one attached hydrogen (secondary N) is 1. The van der Waals surface area contributed by atoms with Crippen molar-refractivity contribution in [2.45, 2.75) is 50.9 Å². The van der Waals surface area contributed by atoms with Crippen molar-refractivity contribution < 1.29 is 14.7 Å². The number of β-amino-alcohol motifs (C(OH)–C–C–N with tert-alkyl or cyclic N) is 1. The molecule has 4 rings (SSSR count). The highest BCUT2D eigenvalue weighted by Crippen LogP contribution is 2.33. The third kappa shape index (κ3) is 4.34. The second-order valence-corrected chi connectivity index (χ2v) is 8.80. The smallest absolute Gasteiger partial charge is 0.243 e. The summed E-state index contributed by atoms with van der Waals surface area (Å²) in [6.45, 7) is 2.52. The molecule has 0 bridgehead atoms. The van der Waals surface area contributed by atoms with Gasteiger partial charge in [-0.05, 0) is 36.8 Å². The van der Waals surface area contributed by atoms with Gasteiger partial charge >= 0.3 is 0 Å². The third-order valence-electron chi connectivity index (χ3n) is 5.71. The van der Waals surface area contributed by atoms with Crippen LogP contribution in [0, 0.1) is 12.8 Å². The number of nitrogens with two attached hydrogens (primary N) is 1. The number of thiazole rings is 1. The summed E-state index contributed by atoms with van der Waals surface area (Å²) < 4.78 is 0. The van der Waals surface area contributed by atoms with Gasteiger partial charge in [-0.3, -0.25) is 9.59 Å². The number of amides is 2. The van der Waals surface area contributed by atoms with Crippen molar-refractivity contribution >= 4 is 23.2 Å². The van der Waals surface area contributed by atoms with Gasteiger partial charge in [-0.2, -0.15) is 0 Å². The van der Waals surface area contributed by atoms with Crippen LogP contribution < -0.4 is 11.1 Å². The normalized spacial score (nSPS) is 22.5. The zero-order valence-corrected chi connectivity index (χ0v) is 17.2. The number of carbonyl (C=O) groups excluding carboxylic acids is 2. The fraction of sp³-hybridized carbons (Fsp3) is 0.476. The molecule has 1 saturated carbocycles. The summed E-state index contributed by atoms with van der Waals surface area (Å²) in [5.41, 5.74) is 10.9. The zero-order chi connectivity index (χ0) is 20.5. The van der Waals surface area contributed by atoms with Crippen molar-refractivity contribution in [3.05, 3.63) is 41.0 Å². The topological polar surface area (TPSA) is 109 Å². The molecule has 2 heterocycles. The fourth-order valence-electron chi connectivity index (χ4n) is 3.81. The Morgan fingerprint density at radius 3 is 2.69 bits per heavy atom. The number of hydrogen-bond acceptors (Lipinski definition) is 6. The molecule has 1 aromatic heterocycles. The van der Waals surface area contributed by atoms with Crippen molar-refractivity contribution in [2.75, 3.05) is 6.54 Å². The van der Waals surface area contributed by atoms with E-state index in [0.29, 0.717) is 6.54 Å². The molecule has 1 aliphatic heterocycles. The highest BCUT2D eigenvalue weighted by atomic mass is 32.1. The van der Waals surface area contributed by atoms with Gasteiger partial charge in [0.2, 0.25) is 11.8 Å². The summed E-state index contributed by atoms with van der Waals surface area (Å²) in [6.07, 6.45) is 1.47. The number of rotatable bonds is 6. The standard InChI is InChI=1S/C21H26N4O3S/c1-12-19(29-11-24-12)15-4-2-13(3-5-15)9-23-20(27)17-8-16(26)10-25(17)21(28)18(22)14-6-7-14/h2-5,11,14,16-18,26H,6-10,22H2,1H3,(H,23,27). The van der Waals surface area contributed by atoms with E-state index < -0.39 is 18.2 Å². The monoisotopic (exact) mass is 414 g/mol. The van der Waals surface area contributed by atoms with E-state index >= 15 is 0 Å². The molecule has 2 aromatic rings. The quantitative estimate of drug-likeness (QED) is 0.663. The van der Waals surface area contributed by atoms with Crippen LogP contribution in [0.15, 0.2) is 29.8 Å². The molecule has 0 spiro atoms. The van der Waals surface area contributed by atoms with E-state index in [1.807, 2.05) is 36.7 Å². The molecule has 1 aliphatic carbocycles. The summed E-state index contributed by atoms with van der Waals surface area (Å²) in [7, 11) is 0. The number of likely N-dealkylation sites (tertiary alicyclic amines) is 1. The lowest BCUT2D eigenvalue weighted by molar-refractivity contribution is -0.139. The van der Waals surface area contributed by atoms with Gasteiger partial charge < -0.3 is 21.1 Å². The Bertz CT molecular complexity index is 894. The summed E-state index contributed by atoms with van der Waals surface area (Å²) in [5, 5.41) is 12.9. The van der Waals surface area contributed by atoms with Crippen molar-refractivity contribution in [2.24, 2.45) is 11.7 Å². The third-order valence-corrected chi connectivity index (χ3v) is 6.69. The average Bonchev–Trinajstić information content (AvgIpc) is 3.37. The lowest BCUT2D eigenvalue weighted by atomic mass is 10.1. The number of aryl methyl sites for hydroxylation is 1. The van der Waals surface area contributed by atoms with E-state index in [0.717, 1.165) is 34.5 Å². The molecule has 2 fully saturated rings. The van der Waals surface area contributed by atoms with Crippen LogP contribution in [-0.2, 0) is 16.1 Å². The molecule has 3 unspecified atom stereocenters. The number of aliphatic hydroxyl groups excluding tert-OH is 1. The number of hydrogen-bond donors (Lipinski definition) is 3. The van der Waals surface area contributed by atoms with Gasteiger partial charge in [0, 0.05) is 19.5 Å². The summed E-state index contributed by atoms with van der Waals surface area (Å²) >= 11 is 1.60. The maximum atomic E-state index is 12.7. The maximum Gasteiger partial charge on any atom is 0.243 e. The van der Waals surface area contributed by atoms with E-state index in [1.165, 1.54) is 4.90 Å².